The number of benzene rings is 2. The molecule has 0 unspecified atom stereocenters. The van der Waals surface area contributed by atoms with Crippen LogP contribution >= 0.6 is 0 Å². The van der Waals surface area contributed by atoms with Crippen LogP contribution < -0.4 is 5.32 Å². The zero-order valence-electron chi connectivity index (χ0n) is 13.0. The maximum Gasteiger partial charge on any atom is 0.292 e. The number of nitrogens with one attached hydrogen (secondary N) is 2. The molecule has 2 aromatic carbocycles. The van der Waals surface area contributed by atoms with Gasteiger partial charge in [0, 0.05) is 6.07 Å². The first kappa shape index (κ1) is 15.0. The minimum absolute atomic E-state index is 0.0641. The summed E-state index contributed by atoms with van der Waals surface area (Å²) in [6, 6.07) is 14.3. The van der Waals surface area contributed by atoms with E-state index in [4.69, 9.17) is 0 Å². The van der Waals surface area contributed by atoms with E-state index in [-0.39, 0.29) is 22.6 Å². The number of fused-ring (bicyclic) bond motifs is 1. The number of rotatable bonds is 5. The van der Waals surface area contributed by atoms with Gasteiger partial charge in [-0.25, -0.2) is 4.98 Å². The molecule has 0 aliphatic heterocycles. The fourth-order valence-electron chi connectivity index (χ4n) is 2.59. The fraction of sp³-hybridized carbons (Fsp3) is 0.235. The third-order valence-electron chi connectivity index (χ3n) is 3.78. The monoisotopic (exact) mass is 310 g/mol. The molecule has 6 nitrogen and oxygen atoms in total. The SMILES string of the molecule is CC(C)[C@H](Nc1ccccc1[N+](=O)[O-])c1nc2ccccc2[nH]1. The molecule has 0 fully saturated rings. The molecular weight excluding hydrogens is 292 g/mol. The standard InChI is InChI=1S/C17H18N4O2/c1-11(2)16(17-19-12-7-3-4-8-13(12)20-17)18-14-9-5-6-10-15(14)21(22)23/h3-11,16,18H,1-2H3,(H,19,20)/t16-/m0/s1. The van der Waals surface area contributed by atoms with Crippen LogP contribution in [-0.2, 0) is 0 Å². The summed E-state index contributed by atoms with van der Waals surface area (Å²) in [7, 11) is 0. The second kappa shape index (κ2) is 6.08. The molecule has 0 saturated carbocycles. The molecule has 0 spiro atoms. The van der Waals surface area contributed by atoms with E-state index in [0.717, 1.165) is 16.9 Å². The number of hydrogen-bond donors (Lipinski definition) is 2. The van der Waals surface area contributed by atoms with Gasteiger partial charge in [-0.05, 0) is 24.1 Å². The van der Waals surface area contributed by atoms with Gasteiger partial charge in [0.1, 0.15) is 11.5 Å². The summed E-state index contributed by atoms with van der Waals surface area (Å²) in [4.78, 5) is 18.7. The number of nitro groups is 1. The second-order valence-corrected chi connectivity index (χ2v) is 5.78. The van der Waals surface area contributed by atoms with Gasteiger partial charge in [0.25, 0.3) is 5.69 Å². The molecule has 0 radical (unpaired) electrons. The van der Waals surface area contributed by atoms with Crippen molar-refractivity contribution in [1.29, 1.82) is 0 Å². The fourth-order valence-corrected chi connectivity index (χ4v) is 2.59. The van der Waals surface area contributed by atoms with Gasteiger partial charge < -0.3 is 10.3 Å². The number of H-pyrrole nitrogens is 1. The van der Waals surface area contributed by atoms with E-state index in [1.54, 1.807) is 18.2 Å². The molecule has 3 aromatic rings. The highest BCUT2D eigenvalue weighted by molar-refractivity contribution is 5.75. The van der Waals surface area contributed by atoms with Crippen LogP contribution in [0, 0.1) is 16.0 Å². The van der Waals surface area contributed by atoms with Crippen LogP contribution in [0.25, 0.3) is 11.0 Å². The molecule has 0 saturated heterocycles. The highest BCUT2D eigenvalue weighted by Gasteiger charge is 2.23. The Kier molecular flexibility index (Phi) is 3.97. The summed E-state index contributed by atoms with van der Waals surface area (Å²) in [5, 5.41) is 14.5. The Bertz CT molecular complexity index is 808. The average Bonchev–Trinajstić information content (AvgIpc) is 2.96. The van der Waals surface area contributed by atoms with Crippen molar-refractivity contribution in [3.05, 3.63) is 64.5 Å². The Morgan fingerprint density at radius 1 is 1.13 bits per heavy atom. The Labute approximate surface area is 133 Å². The van der Waals surface area contributed by atoms with Gasteiger partial charge in [-0.15, -0.1) is 0 Å². The van der Waals surface area contributed by atoms with Crippen LogP contribution in [0.15, 0.2) is 48.5 Å². The smallest absolute Gasteiger partial charge is 0.292 e. The van der Waals surface area contributed by atoms with Gasteiger partial charge in [0.15, 0.2) is 0 Å². The first-order valence-corrected chi connectivity index (χ1v) is 7.51. The van der Waals surface area contributed by atoms with Crippen molar-refractivity contribution < 1.29 is 4.92 Å². The van der Waals surface area contributed by atoms with E-state index in [1.807, 2.05) is 24.3 Å². The van der Waals surface area contributed by atoms with Crippen LogP contribution in [-0.4, -0.2) is 14.9 Å². The Hall–Kier alpha value is -2.89. The number of para-hydroxylation sites is 4. The molecule has 1 atom stereocenters. The Balaban J connectivity index is 1.98. The highest BCUT2D eigenvalue weighted by atomic mass is 16.6. The molecule has 0 aliphatic carbocycles. The van der Waals surface area contributed by atoms with Crippen molar-refractivity contribution in [2.75, 3.05) is 5.32 Å². The zero-order valence-corrected chi connectivity index (χ0v) is 13.0. The van der Waals surface area contributed by atoms with Crippen LogP contribution in [0.1, 0.15) is 25.7 Å². The Morgan fingerprint density at radius 3 is 2.52 bits per heavy atom. The van der Waals surface area contributed by atoms with Gasteiger partial charge in [0.2, 0.25) is 0 Å². The molecule has 0 bridgehead atoms. The van der Waals surface area contributed by atoms with Gasteiger partial charge in [-0.1, -0.05) is 38.1 Å². The van der Waals surface area contributed by atoms with E-state index < -0.39 is 0 Å². The van der Waals surface area contributed by atoms with Gasteiger partial charge in [-0.3, -0.25) is 10.1 Å². The lowest BCUT2D eigenvalue weighted by Gasteiger charge is -2.21. The number of anilines is 1. The van der Waals surface area contributed by atoms with E-state index in [1.165, 1.54) is 6.07 Å². The molecule has 118 valence electrons. The van der Waals surface area contributed by atoms with Crippen molar-refractivity contribution in [1.82, 2.24) is 9.97 Å². The molecule has 23 heavy (non-hydrogen) atoms. The van der Waals surface area contributed by atoms with Crippen molar-refractivity contribution >= 4 is 22.4 Å². The number of aromatic amines is 1. The van der Waals surface area contributed by atoms with Crippen molar-refractivity contribution in [2.24, 2.45) is 5.92 Å². The molecule has 0 amide bonds. The summed E-state index contributed by atoms with van der Waals surface area (Å²) >= 11 is 0. The molecule has 2 N–H and O–H groups in total. The minimum atomic E-state index is -0.377. The van der Waals surface area contributed by atoms with Crippen molar-refractivity contribution in [2.45, 2.75) is 19.9 Å². The number of aromatic nitrogens is 2. The largest absolute Gasteiger partial charge is 0.369 e. The third-order valence-corrected chi connectivity index (χ3v) is 3.78. The zero-order chi connectivity index (χ0) is 16.4. The van der Waals surface area contributed by atoms with E-state index in [9.17, 15) is 10.1 Å². The summed E-state index contributed by atoms with van der Waals surface area (Å²) in [5.74, 6) is 0.981. The van der Waals surface area contributed by atoms with Crippen molar-refractivity contribution in [3.8, 4) is 0 Å². The molecular formula is C17H18N4O2. The van der Waals surface area contributed by atoms with Crippen LogP contribution in [0.3, 0.4) is 0 Å². The normalized spacial score (nSPS) is 12.5. The molecule has 0 aliphatic rings. The first-order chi connectivity index (χ1) is 11.1. The van der Waals surface area contributed by atoms with Gasteiger partial charge >= 0.3 is 0 Å². The van der Waals surface area contributed by atoms with E-state index in [2.05, 4.69) is 29.1 Å². The third kappa shape index (κ3) is 3.01. The minimum Gasteiger partial charge on any atom is -0.369 e. The van der Waals surface area contributed by atoms with E-state index >= 15 is 0 Å². The quantitative estimate of drug-likeness (QED) is 0.544. The topological polar surface area (TPSA) is 83.8 Å². The maximum absolute atomic E-state index is 11.2. The van der Waals surface area contributed by atoms with Crippen LogP contribution in [0.2, 0.25) is 0 Å². The van der Waals surface area contributed by atoms with Crippen molar-refractivity contribution in [3.63, 3.8) is 0 Å². The van der Waals surface area contributed by atoms with Crippen LogP contribution in [0.4, 0.5) is 11.4 Å². The summed E-state index contributed by atoms with van der Waals surface area (Å²) in [6.45, 7) is 4.11. The average molecular weight is 310 g/mol. The molecule has 1 aromatic heterocycles. The van der Waals surface area contributed by atoms with Gasteiger partial charge in [0.05, 0.1) is 22.0 Å². The Morgan fingerprint density at radius 2 is 1.83 bits per heavy atom. The van der Waals surface area contributed by atoms with E-state index in [0.29, 0.717) is 5.69 Å². The summed E-state index contributed by atoms with van der Waals surface area (Å²) < 4.78 is 0. The maximum atomic E-state index is 11.2. The molecule has 6 heteroatoms. The summed E-state index contributed by atoms with van der Waals surface area (Å²) in [5.41, 5.74) is 2.40. The first-order valence-electron chi connectivity index (χ1n) is 7.51. The predicted molar refractivity (Wildman–Crippen MR) is 90.4 cm³/mol. The number of imidazole rings is 1. The predicted octanol–water partition coefficient (Wildman–Crippen LogP) is 4.28. The highest BCUT2D eigenvalue weighted by Crippen LogP contribution is 2.31. The molecule has 3 rings (SSSR count). The number of hydrogen-bond acceptors (Lipinski definition) is 4. The lowest BCUT2D eigenvalue weighted by molar-refractivity contribution is -0.384. The lowest BCUT2D eigenvalue weighted by Crippen LogP contribution is -2.18. The second-order valence-electron chi connectivity index (χ2n) is 5.78. The number of nitrogens with zero attached hydrogens (tertiary/aromatic N) is 2. The van der Waals surface area contributed by atoms with Gasteiger partial charge in [-0.2, -0.15) is 0 Å². The lowest BCUT2D eigenvalue weighted by atomic mass is 10.0. The summed E-state index contributed by atoms with van der Waals surface area (Å²) in [6.07, 6.45) is 0. The van der Waals surface area contributed by atoms with Crippen LogP contribution in [0.5, 0.6) is 0 Å². The number of nitro benzene ring substituents is 1. The molecule has 1 heterocycles.